The van der Waals surface area contributed by atoms with E-state index in [0.717, 1.165) is 13.0 Å². The second-order valence-electron chi connectivity index (χ2n) is 8.00. The quantitative estimate of drug-likeness (QED) is 0.703. The normalized spacial score (nSPS) is 25.7. The fourth-order valence-electron chi connectivity index (χ4n) is 3.27. The van der Waals surface area contributed by atoms with Crippen molar-refractivity contribution in [3.63, 3.8) is 0 Å². The van der Waals surface area contributed by atoms with E-state index in [1.165, 1.54) is 37.4 Å². The number of carbonyl (C=O) groups excluding carboxylic acids is 1. The lowest BCUT2D eigenvalue weighted by Crippen LogP contribution is -2.51. The summed E-state index contributed by atoms with van der Waals surface area (Å²) in [5.74, 6) is -1.71. The molecule has 1 aromatic heterocycles. The predicted octanol–water partition coefficient (Wildman–Crippen LogP) is 2.01. The van der Waals surface area contributed by atoms with Crippen LogP contribution in [-0.4, -0.2) is 57.4 Å². The van der Waals surface area contributed by atoms with Crippen molar-refractivity contribution in [2.45, 2.75) is 42.9 Å². The molecule has 0 aliphatic carbocycles. The van der Waals surface area contributed by atoms with Crippen LogP contribution in [0.15, 0.2) is 41.5 Å². The van der Waals surface area contributed by atoms with Gasteiger partial charge in [0, 0.05) is 17.7 Å². The number of amidine groups is 1. The highest BCUT2D eigenvalue weighted by molar-refractivity contribution is 6.58. The summed E-state index contributed by atoms with van der Waals surface area (Å²) in [6.07, 6.45) is -1.24. The number of aliphatic imine (C=N–C) groups is 1. The third kappa shape index (κ3) is 4.94. The third-order valence-corrected chi connectivity index (χ3v) is 5.09. The number of anilines is 1. The molecule has 3 atom stereocenters. The van der Waals surface area contributed by atoms with E-state index < -0.39 is 46.7 Å². The van der Waals surface area contributed by atoms with Gasteiger partial charge in [-0.15, -0.1) is 0 Å². The number of benzene rings is 1. The van der Waals surface area contributed by atoms with Crippen molar-refractivity contribution in [3.05, 3.63) is 53.6 Å². The lowest BCUT2D eigenvalue weighted by molar-refractivity contribution is 0.102. The van der Waals surface area contributed by atoms with E-state index in [2.05, 4.69) is 15.3 Å². The van der Waals surface area contributed by atoms with E-state index >= 15 is 0 Å². The molecular weight excluding hydrogens is 418 g/mol. The predicted molar refractivity (Wildman–Crippen MR) is 117 cm³/mol. The first-order valence-electron chi connectivity index (χ1n) is 9.53. The average Bonchev–Trinajstić information content (AvgIpc) is 2.67. The number of amides is 1. The number of nitrogens with one attached hydrogen (secondary N) is 1. The molecule has 1 aliphatic heterocycles. The van der Waals surface area contributed by atoms with Gasteiger partial charge in [-0.2, -0.15) is 0 Å². The van der Waals surface area contributed by atoms with Gasteiger partial charge in [-0.25, -0.2) is 18.2 Å². The van der Waals surface area contributed by atoms with Crippen molar-refractivity contribution < 1.29 is 22.7 Å². The summed E-state index contributed by atoms with van der Waals surface area (Å²) >= 11 is 0. The van der Waals surface area contributed by atoms with Gasteiger partial charge in [0.25, 0.3) is 5.91 Å². The minimum absolute atomic E-state index is 0.0115. The monoisotopic (exact) mass is 436 g/mol. The number of pyridine rings is 1. The van der Waals surface area contributed by atoms with E-state index in [4.69, 9.17) is 34.0 Å². The lowest BCUT2D eigenvalue weighted by Gasteiger charge is -2.38. The third-order valence-electron chi connectivity index (χ3n) is 5.09. The van der Waals surface area contributed by atoms with Crippen LogP contribution in [0.2, 0.25) is 0 Å². The van der Waals surface area contributed by atoms with Crippen LogP contribution in [-0.2, 0) is 5.54 Å². The standard InChI is InChI=1S/C20H18B3F3N4O2/c1-18(26)8-15(25)19(2,30-17(18)27)12-7-10(3-5-13(12)24)29-16(31)14-6-4-11(9-28-14)32-20(21,22)23/h3-7,9,15H,8H2,1-2H3,(H2,27,30)(H,29,31)/t15-,18-,19+/m0/s1. The molecule has 2 heterocycles. The summed E-state index contributed by atoms with van der Waals surface area (Å²) < 4.78 is 48.8. The number of hydrogen-bond acceptors (Lipinski definition) is 5. The summed E-state index contributed by atoms with van der Waals surface area (Å²) in [6.45, 7) is 2.43. The van der Waals surface area contributed by atoms with Gasteiger partial charge in [-0.1, -0.05) is 0 Å². The van der Waals surface area contributed by atoms with Gasteiger partial charge in [0.2, 0.25) is 0 Å². The Bertz CT molecular complexity index is 1060. The first-order valence-corrected chi connectivity index (χ1v) is 9.53. The largest absolute Gasteiger partial charge is 0.514 e. The Morgan fingerprint density at radius 1 is 1.28 bits per heavy atom. The Morgan fingerprint density at radius 3 is 2.56 bits per heavy atom. The van der Waals surface area contributed by atoms with Crippen LogP contribution in [0.4, 0.5) is 18.9 Å². The Balaban J connectivity index is 1.85. The highest BCUT2D eigenvalue weighted by Gasteiger charge is 2.49. The zero-order valence-electron chi connectivity index (χ0n) is 17.4. The van der Waals surface area contributed by atoms with E-state index in [1.807, 2.05) is 0 Å². The van der Waals surface area contributed by atoms with E-state index in [9.17, 15) is 18.0 Å². The zero-order valence-corrected chi connectivity index (χ0v) is 17.4. The van der Waals surface area contributed by atoms with Crippen molar-refractivity contribution >= 4 is 41.0 Å². The molecule has 12 heteroatoms. The van der Waals surface area contributed by atoms with E-state index in [-0.39, 0.29) is 22.7 Å². The van der Waals surface area contributed by atoms with Crippen molar-refractivity contribution in [1.82, 2.24) is 4.98 Å². The Labute approximate surface area is 187 Å². The number of rotatable bonds is 5. The van der Waals surface area contributed by atoms with Gasteiger partial charge in [-0.05, 0) is 49.5 Å². The lowest BCUT2D eigenvalue weighted by atomic mass is 9.52. The number of nitrogens with zero attached hydrogens (tertiary/aromatic N) is 2. The molecular formula is C20H18B3F3N4O2. The molecule has 2 aromatic rings. The van der Waals surface area contributed by atoms with Crippen LogP contribution in [0.3, 0.4) is 0 Å². The summed E-state index contributed by atoms with van der Waals surface area (Å²) in [7, 11) is 16.0. The number of hydrogen-bond donors (Lipinski definition) is 2. The van der Waals surface area contributed by atoms with Gasteiger partial charge in [0.05, 0.1) is 6.20 Å². The molecule has 3 rings (SSSR count). The molecule has 1 aromatic carbocycles. The number of nitrogens with two attached hydrogens (primary N) is 1. The highest BCUT2D eigenvalue weighted by Crippen LogP contribution is 2.42. The number of halogens is 3. The first kappa shape index (κ1) is 23.8. The second kappa shape index (κ2) is 8.22. The molecule has 0 saturated heterocycles. The van der Waals surface area contributed by atoms with Gasteiger partial charge in [0.1, 0.15) is 58.3 Å². The molecule has 0 spiro atoms. The Morgan fingerprint density at radius 2 is 1.97 bits per heavy atom. The van der Waals surface area contributed by atoms with Gasteiger partial charge in [0.15, 0.2) is 5.67 Å². The van der Waals surface area contributed by atoms with Crippen LogP contribution < -0.4 is 15.8 Å². The topological polar surface area (TPSA) is 89.6 Å². The maximum Gasteiger partial charge on any atom is 0.274 e. The fraction of sp³-hybridized carbons (Fsp3) is 0.350. The Hall–Kier alpha value is -2.91. The van der Waals surface area contributed by atoms with Crippen LogP contribution >= 0.6 is 0 Å². The summed E-state index contributed by atoms with van der Waals surface area (Å²) in [5, 5.41) is 0.621. The number of alkyl halides is 2. The summed E-state index contributed by atoms with van der Waals surface area (Å²) in [4.78, 5) is 20.4. The fourth-order valence-corrected chi connectivity index (χ4v) is 3.27. The maximum atomic E-state index is 14.9. The maximum absolute atomic E-state index is 14.9. The van der Waals surface area contributed by atoms with Crippen molar-refractivity contribution in [3.8, 4) is 5.75 Å². The molecule has 32 heavy (non-hydrogen) atoms. The molecule has 160 valence electrons. The van der Waals surface area contributed by atoms with Gasteiger partial charge in [-0.3, -0.25) is 9.79 Å². The molecule has 6 radical (unpaired) electrons. The molecule has 0 bridgehead atoms. The van der Waals surface area contributed by atoms with Crippen molar-refractivity contribution in [1.29, 1.82) is 0 Å². The zero-order chi connectivity index (χ0) is 23.9. The molecule has 1 amide bonds. The molecule has 0 fully saturated rings. The minimum atomic E-state index is -2.14. The van der Waals surface area contributed by atoms with Crippen LogP contribution in [0.5, 0.6) is 5.75 Å². The molecule has 3 N–H and O–H groups in total. The van der Waals surface area contributed by atoms with Gasteiger partial charge < -0.3 is 15.8 Å². The summed E-state index contributed by atoms with van der Waals surface area (Å²) in [6, 6.07) is 6.26. The smallest absolute Gasteiger partial charge is 0.274 e. The first-order chi connectivity index (χ1) is 14.7. The Kier molecular flexibility index (Phi) is 6.10. The van der Waals surface area contributed by atoms with E-state index in [1.54, 1.807) is 0 Å². The van der Waals surface area contributed by atoms with Gasteiger partial charge >= 0.3 is 0 Å². The van der Waals surface area contributed by atoms with Crippen LogP contribution in [0, 0.1) is 5.82 Å². The van der Waals surface area contributed by atoms with Crippen molar-refractivity contribution in [2.75, 3.05) is 5.32 Å². The molecule has 6 nitrogen and oxygen atoms in total. The molecule has 0 saturated carbocycles. The average molecular weight is 436 g/mol. The van der Waals surface area contributed by atoms with Crippen LogP contribution in [0.1, 0.15) is 36.3 Å². The molecule has 0 unspecified atom stereocenters. The SMILES string of the molecule is [B]C([B])([B])Oc1ccc(C(=O)Nc2ccc(F)c([C@@]3(C)N=C(N)[C@@](C)(F)C[C@@H]3F)c2)nc1. The van der Waals surface area contributed by atoms with Crippen molar-refractivity contribution in [2.24, 2.45) is 10.7 Å². The number of carbonyl (C=O) groups is 1. The highest BCUT2D eigenvalue weighted by atomic mass is 19.2. The summed E-state index contributed by atoms with van der Waals surface area (Å²) in [5.41, 5.74) is 1.71. The number of aromatic nitrogens is 1. The van der Waals surface area contributed by atoms with E-state index in [0.29, 0.717) is 0 Å². The number of ether oxygens (including phenoxy) is 1. The molecule has 1 aliphatic rings. The second-order valence-corrected chi connectivity index (χ2v) is 8.00. The van der Waals surface area contributed by atoms with Crippen LogP contribution in [0.25, 0.3) is 0 Å². The minimum Gasteiger partial charge on any atom is -0.514 e.